The summed E-state index contributed by atoms with van der Waals surface area (Å²) in [6, 6.07) is 0. The third kappa shape index (κ3) is 12.0. The summed E-state index contributed by atoms with van der Waals surface area (Å²) in [6.07, 6.45) is 17.9. The summed E-state index contributed by atoms with van der Waals surface area (Å²) in [5.41, 5.74) is 0. The minimum absolute atomic E-state index is 1.15. The Labute approximate surface area is 97.6 Å². The lowest BCUT2D eigenvalue weighted by molar-refractivity contribution is 0.737. The van der Waals surface area contributed by atoms with Crippen LogP contribution >= 0.6 is 15.9 Å². The van der Waals surface area contributed by atoms with Gasteiger partial charge in [0.05, 0.1) is 0 Å². The monoisotopic (exact) mass is 258 g/mol. The first kappa shape index (κ1) is 14.0. The molecule has 0 aliphatic carbocycles. The lowest BCUT2D eigenvalue weighted by atomic mass is 10.2. The molecule has 0 saturated heterocycles. The molecule has 0 rings (SSSR count). The van der Waals surface area contributed by atoms with Crippen molar-refractivity contribution in [2.75, 3.05) is 5.33 Å². The second-order valence-corrected chi connectivity index (χ2v) is 4.33. The van der Waals surface area contributed by atoms with E-state index < -0.39 is 0 Å². The summed E-state index contributed by atoms with van der Waals surface area (Å²) in [5, 5.41) is 1.15. The van der Waals surface area contributed by atoms with Crippen LogP contribution in [0.5, 0.6) is 0 Å². The lowest BCUT2D eigenvalue weighted by Gasteiger charge is -1.92. The second-order valence-electron chi connectivity index (χ2n) is 3.54. The quantitative estimate of drug-likeness (QED) is 0.301. The van der Waals surface area contributed by atoms with E-state index in [9.17, 15) is 0 Å². The molecule has 0 fully saturated rings. The molecule has 0 aromatic rings. The molecule has 0 amide bonds. The van der Waals surface area contributed by atoms with E-state index in [4.69, 9.17) is 0 Å². The molecule has 14 heavy (non-hydrogen) atoms. The van der Waals surface area contributed by atoms with Crippen LogP contribution in [0.25, 0.3) is 0 Å². The fraction of sp³-hybridized carbons (Fsp3) is 0.692. The maximum atomic E-state index is 3.44. The molecule has 0 N–H and O–H groups in total. The number of allylic oxidation sites excluding steroid dienone is 4. The summed E-state index contributed by atoms with van der Waals surface area (Å²) < 4.78 is 0. The minimum atomic E-state index is 1.15. The summed E-state index contributed by atoms with van der Waals surface area (Å²) >= 11 is 3.44. The summed E-state index contributed by atoms with van der Waals surface area (Å²) in [4.78, 5) is 0. The Morgan fingerprint density at radius 2 is 1.50 bits per heavy atom. The van der Waals surface area contributed by atoms with Crippen LogP contribution in [0.15, 0.2) is 24.3 Å². The van der Waals surface area contributed by atoms with Crippen LogP contribution in [0.1, 0.15) is 51.9 Å². The van der Waals surface area contributed by atoms with Crippen molar-refractivity contribution in [3.63, 3.8) is 0 Å². The van der Waals surface area contributed by atoms with Crippen LogP contribution in [-0.2, 0) is 0 Å². The van der Waals surface area contributed by atoms with Gasteiger partial charge in [-0.2, -0.15) is 0 Å². The van der Waals surface area contributed by atoms with Crippen LogP contribution in [-0.4, -0.2) is 5.33 Å². The van der Waals surface area contributed by atoms with E-state index in [0.717, 1.165) is 5.33 Å². The summed E-state index contributed by atoms with van der Waals surface area (Å²) in [6.45, 7) is 2.23. The highest BCUT2D eigenvalue weighted by Gasteiger charge is 1.83. The van der Waals surface area contributed by atoms with Gasteiger partial charge in [-0.25, -0.2) is 0 Å². The molecule has 0 radical (unpaired) electrons. The molecule has 82 valence electrons. The van der Waals surface area contributed by atoms with Crippen molar-refractivity contribution >= 4 is 15.9 Å². The molecule has 0 atom stereocenters. The Kier molecular flexibility index (Phi) is 12.9. The van der Waals surface area contributed by atoms with Gasteiger partial charge >= 0.3 is 0 Å². The SMILES string of the molecule is CCCC/C=C/C=C\CCCCCBr. The molecule has 0 aromatic heterocycles. The molecule has 0 aliphatic heterocycles. The average Bonchev–Trinajstić information content (AvgIpc) is 2.21. The molecule has 0 unspecified atom stereocenters. The molecule has 0 bridgehead atoms. The standard InChI is InChI=1S/C13H23Br/c1-2-3-4-5-6-7-8-9-10-11-12-13-14/h5-8H,2-4,9-13H2,1H3/b6-5+,8-7-. The van der Waals surface area contributed by atoms with E-state index in [2.05, 4.69) is 47.2 Å². The Hall–Kier alpha value is -0.0400. The Balaban J connectivity index is 3.14. The maximum Gasteiger partial charge on any atom is 0.00313 e. The Morgan fingerprint density at radius 1 is 0.857 bits per heavy atom. The maximum absolute atomic E-state index is 3.44. The minimum Gasteiger partial charge on any atom is -0.0928 e. The van der Waals surface area contributed by atoms with Crippen molar-refractivity contribution in [1.29, 1.82) is 0 Å². The molecule has 0 aliphatic rings. The van der Waals surface area contributed by atoms with Gasteiger partial charge in [0.1, 0.15) is 0 Å². The topological polar surface area (TPSA) is 0 Å². The van der Waals surface area contributed by atoms with E-state index >= 15 is 0 Å². The second kappa shape index (κ2) is 13.0. The van der Waals surface area contributed by atoms with E-state index in [1.54, 1.807) is 0 Å². The average molecular weight is 259 g/mol. The van der Waals surface area contributed by atoms with Gasteiger partial charge in [0, 0.05) is 5.33 Å². The van der Waals surface area contributed by atoms with Gasteiger partial charge in [0.25, 0.3) is 0 Å². The van der Waals surface area contributed by atoms with Gasteiger partial charge in [0.2, 0.25) is 0 Å². The van der Waals surface area contributed by atoms with Crippen molar-refractivity contribution < 1.29 is 0 Å². The first-order chi connectivity index (χ1) is 6.91. The fourth-order valence-corrected chi connectivity index (χ4v) is 1.60. The summed E-state index contributed by atoms with van der Waals surface area (Å²) in [5.74, 6) is 0. The molecular formula is C13H23Br. The number of hydrogen-bond donors (Lipinski definition) is 0. The lowest BCUT2D eigenvalue weighted by Crippen LogP contribution is -1.75. The first-order valence-corrected chi connectivity index (χ1v) is 6.91. The van der Waals surface area contributed by atoms with Crippen LogP contribution in [0.2, 0.25) is 0 Å². The van der Waals surface area contributed by atoms with Crippen molar-refractivity contribution in [3.05, 3.63) is 24.3 Å². The number of unbranched alkanes of at least 4 members (excludes halogenated alkanes) is 5. The van der Waals surface area contributed by atoms with Crippen molar-refractivity contribution in [2.45, 2.75) is 51.9 Å². The largest absolute Gasteiger partial charge is 0.0928 e. The van der Waals surface area contributed by atoms with E-state index in [1.165, 1.54) is 44.9 Å². The number of halogens is 1. The highest BCUT2D eigenvalue weighted by molar-refractivity contribution is 9.09. The van der Waals surface area contributed by atoms with Gasteiger partial charge in [0.15, 0.2) is 0 Å². The van der Waals surface area contributed by atoms with Crippen LogP contribution < -0.4 is 0 Å². The van der Waals surface area contributed by atoms with E-state index in [-0.39, 0.29) is 0 Å². The Morgan fingerprint density at radius 3 is 2.07 bits per heavy atom. The Bertz CT molecular complexity index is 147. The van der Waals surface area contributed by atoms with Crippen molar-refractivity contribution in [3.8, 4) is 0 Å². The van der Waals surface area contributed by atoms with Crippen LogP contribution in [0.4, 0.5) is 0 Å². The number of hydrogen-bond acceptors (Lipinski definition) is 0. The van der Waals surface area contributed by atoms with Gasteiger partial charge in [-0.15, -0.1) is 0 Å². The van der Waals surface area contributed by atoms with Crippen LogP contribution in [0.3, 0.4) is 0 Å². The van der Waals surface area contributed by atoms with Crippen molar-refractivity contribution in [2.24, 2.45) is 0 Å². The molecular weight excluding hydrogens is 236 g/mol. The van der Waals surface area contributed by atoms with E-state index in [1.807, 2.05) is 0 Å². The number of rotatable bonds is 9. The third-order valence-electron chi connectivity index (χ3n) is 2.11. The molecule has 0 saturated carbocycles. The highest BCUT2D eigenvalue weighted by Crippen LogP contribution is 2.02. The van der Waals surface area contributed by atoms with Gasteiger partial charge < -0.3 is 0 Å². The third-order valence-corrected chi connectivity index (χ3v) is 2.67. The molecule has 1 heteroatoms. The first-order valence-electron chi connectivity index (χ1n) is 5.79. The fourth-order valence-electron chi connectivity index (χ4n) is 1.21. The predicted octanol–water partition coefficient (Wildman–Crippen LogP) is 5.24. The highest BCUT2D eigenvalue weighted by atomic mass is 79.9. The van der Waals surface area contributed by atoms with Gasteiger partial charge in [-0.3, -0.25) is 0 Å². The van der Waals surface area contributed by atoms with Gasteiger partial charge in [-0.05, 0) is 25.7 Å². The zero-order chi connectivity index (χ0) is 10.5. The summed E-state index contributed by atoms with van der Waals surface area (Å²) in [7, 11) is 0. The zero-order valence-corrected chi connectivity index (χ0v) is 10.9. The number of alkyl halides is 1. The molecule has 0 heterocycles. The predicted molar refractivity (Wildman–Crippen MR) is 70.1 cm³/mol. The molecule has 0 spiro atoms. The van der Waals surface area contributed by atoms with Crippen LogP contribution in [0, 0.1) is 0 Å². The molecule has 0 nitrogen and oxygen atoms in total. The van der Waals surface area contributed by atoms with E-state index in [0.29, 0.717) is 0 Å². The van der Waals surface area contributed by atoms with Gasteiger partial charge in [-0.1, -0.05) is 66.4 Å². The molecule has 0 aromatic carbocycles. The normalized spacial score (nSPS) is 11.9. The van der Waals surface area contributed by atoms with Crippen molar-refractivity contribution in [1.82, 2.24) is 0 Å². The zero-order valence-electron chi connectivity index (χ0n) is 9.34. The smallest absolute Gasteiger partial charge is 0.00313 e.